The first kappa shape index (κ1) is 15.7. The van der Waals surface area contributed by atoms with E-state index in [4.69, 9.17) is 20.8 Å². The molecule has 0 bridgehead atoms. The van der Waals surface area contributed by atoms with E-state index < -0.39 is 29.0 Å². The van der Waals surface area contributed by atoms with Crippen LogP contribution in [0.2, 0.25) is 5.22 Å². The second-order valence-electron chi connectivity index (χ2n) is 4.37. The summed E-state index contributed by atoms with van der Waals surface area (Å²) >= 11 is 5.66. The number of nitrogens with zero attached hydrogens (tertiary/aromatic N) is 1. The first-order chi connectivity index (χ1) is 9.43. The molecule has 0 N–H and O–H groups in total. The molecule has 1 aliphatic rings. The van der Waals surface area contributed by atoms with Crippen molar-refractivity contribution >= 4 is 21.6 Å². The average Bonchev–Trinajstić information content (AvgIpc) is 2.83. The molecule has 1 aromatic rings. The van der Waals surface area contributed by atoms with Crippen LogP contribution in [0, 0.1) is 0 Å². The second-order valence-corrected chi connectivity index (χ2v) is 6.57. The Kier molecular flexibility index (Phi) is 5.00. The van der Waals surface area contributed by atoms with Gasteiger partial charge in [0, 0.05) is 19.3 Å². The smallest absolute Gasteiger partial charge is 0.252 e. The summed E-state index contributed by atoms with van der Waals surface area (Å²) in [6.45, 7) is -0.174. The quantitative estimate of drug-likeness (QED) is 0.832. The maximum atomic E-state index is 12.7. The predicted octanol–water partition coefficient (Wildman–Crippen LogP) is 2.37. The zero-order valence-corrected chi connectivity index (χ0v) is 12.0. The highest BCUT2D eigenvalue weighted by molar-refractivity contribution is 7.89. The Morgan fingerprint density at radius 1 is 1.40 bits per heavy atom. The Hall–Kier alpha value is -0.700. The fourth-order valence-electron chi connectivity index (χ4n) is 2.15. The number of hydrogen-bond acceptors (Lipinski definition) is 4. The molecule has 1 aromatic heterocycles. The maximum absolute atomic E-state index is 12.7. The Labute approximate surface area is 120 Å². The predicted molar refractivity (Wildman–Crippen MR) is 67.5 cm³/mol. The molecule has 0 spiro atoms. The highest BCUT2D eigenvalue weighted by Crippen LogP contribution is 2.29. The van der Waals surface area contributed by atoms with Crippen molar-refractivity contribution < 1.29 is 26.4 Å². The van der Waals surface area contributed by atoms with Gasteiger partial charge in [0.05, 0.1) is 12.8 Å². The van der Waals surface area contributed by atoms with Gasteiger partial charge in [-0.3, -0.25) is 0 Å². The van der Waals surface area contributed by atoms with Crippen molar-refractivity contribution in [2.75, 3.05) is 19.8 Å². The molecule has 0 aromatic carbocycles. The first-order valence-corrected chi connectivity index (χ1v) is 7.85. The number of ether oxygens (including phenoxy) is 1. The highest BCUT2D eigenvalue weighted by Gasteiger charge is 2.36. The monoisotopic (exact) mass is 329 g/mol. The van der Waals surface area contributed by atoms with E-state index in [0.717, 1.165) is 16.6 Å². The van der Waals surface area contributed by atoms with Gasteiger partial charge in [0.15, 0.2) is 0 Å². The molecular formula is C11H14ClF2NO4S. The molecule has 114 valence electrons. The minimum Gasteiger partial charge on any atom is -0.451 e. The third-order valence-electron chi connectivity index (χ3n) is 3.09. The lowest BCUT2D eigenvalue weighted by molar-refractivity contribution is 0.0396. The van der Waals surface area contributed by atoms with Gasteiger partial charge in [0.2, 0.25) is 15.2 Å². The van der Waals surface area contributed by atoms with E-state index >= 15 is 0 Å². The molecule has 1 aliphatic heterocycles. The number of furan rings is 1. The van der Waals surface area contributed by atoms with Crippen LogP contribution in [0.3, 0.4) is 0 Å². The van der Waals surface area contributed by atoms with Crippen molar-refractivity contribution in [2.24, 2.45) is 0 Å². The van der Waals surface area contributed by atoms with Gasteiger partial charge in [-0.05, 0) is 30.5 Å². The van der Waals surface area contributed by atoms with Crippen molar-refractivity contribution in [3.8, 4) is 0 Å². The number of alkyl halides is 2. The van der Waals surface area contributed by atoms with Crippen LogP contribution in [-0.4, -0.2) is 44.9 Å². The zero-order valence-electron chi connectivity index (χ0n) is 10.5. The molecule has 2 rings (SSSR count). The molecule has 1 fully saturated rings. The third kappa shape index (κ3) is 3.30. The number of sulfonamides is 1. The summed E-state index contributed by atoms with van der Waals surface area (Å²) in [6.07, 6.45) is -0.902. The fourth-order valence-corrected chi connectivity index (χ4v) is 4.20. The topological polar surface area (TPSA) is 59.8 Å². The van der Waals surface area contributed by atoms with Crippen LogP contribution in [0.15, 0.2) is 21.6 Å². The van der Waals surface area contributed by atoms with Gasteiger partial charge in [-0.2, -0.15) is 4.31 Å². The Bertz CT molecular complexity index is 542. The lowest BCUT2D eigenvalue weighted by Gasteiger charge is -2.32. The minimum absolute atomic E-state index is 0.286. The SMILES string of the molecule is O=S(=O)(c1ccoc1Cl)N(CC(F)F)C1CCOCC1. The van der Waals surface area contributed by atoms with Gasteiger partial charge in [0.1, 0.15) is 4.90 Å². The number of rotatable bonds is 5. The lowest BCUT2D eigenvalue weighted by Crippen LogP contribution is -2.45. The standard InChI is InChI=1S/C11H14ClF2NO4S/c12-11-9(3-6-19-11)20(16,17)15(7-10(13)14)8-1-4-18-5-2-8/h3,6,8,10H,1-2,4-5,7H2. The van der Waals surface area contributed by atoms with Crippen molar-refractivity contribution in [3.63, 3.8) is 0 Å². The molecule has 0 unspecified atom stereocenters. The molecule has 20 heavy (non-hydrogen) atoms. The van der Waals surface area contributed by atoms with E-state index in [9.17, 15) is 17.2 Å². The third-order valence-corrected chi connectivity index (χ3v) is 5.43. The molecule has 0 saturated carbocycles. The zero-order chi connectivity index (χ0) is 14.8. The first-order valence-electron chi connectivity index (χ1n) is 6.03. The van der Waals surface area contributed by atoms with Crippen LogP contribution in [0.1, 0.15) is 12.8 Å². The molecule has 1 saturated heterocycles. The van der Waals surface area contributed by atoms with E-state index in [1.54, 1.807) is 0 Å². The van der Waals surface area contributed by atoms with Gasteiger partial charge in [-0.25, -0.2) is 17.2 Å². The van der Waals surface area contributed by atoms with Gasteiger partial charge >= 0.3 is 0 Å². The van der Waals surface area contributed by atoms with Gasteiger partial charge in [-0.15, -0.1) is 0 Å². The largest absolute Gasteiger partial charge is 0.451 e. The van der Waals surface area contributed by atoms with Crippen molar-refractivity contribution in [2.45, 2.75) is 30.2 Å². The lowest BCUT2D eigenvalue weighted by atomic mass is 10.1. The van der Waals surface area contributed by atoms with E-state index in [2.05, 4.69) is 0 Å². The Morgan fingerprint density at radius 3 is 2.55 bits per heavy atom. The summed E-state index contributed by atoms with van der Waals surface area (Å²) < 4.78 is 61.0. The Morgan fingerprint density at radius 2 is 2.05 bits per heavy atom. The fraction of sp³-hybridized carbons (Fsp3) is 0.636. The molecule has 0 amide bonds. The van der Waals surface area contributed by atoms with E-state index in [1.165, 1.54) is 0 Å². The highest BCUT2D eigenvalue weighted by atomic mass is 35.5. The average molecular weight is 330 g/mol. The normalized spacial score (nSPS) is 18.1. The van der Waals surface area contributed by atoms with Crippen molar-refractivity contribution in [1.29, 1.82) is 0 Å². The van der Waals surface area contributed by atoms with Gasteiger partial charge in [-0.1, -0.05) is 0 Å². The maximum Gasteiger partial charge on any atom is 0.252 e. The molecule has 2 heterocycles. The molecule has 9 heteroatoms. The summed E-state index contributed by atoms with van der Waals surface area (Å²) in [5.74, 6) is 0. The summed E-state index contributed by atoms with van der Waals surface area (Å²) in [4.78, 5) is -0.286. The number of hydrogen-bond donors (Lipinski definition) is 0. The Balaban J connectivity index is 2.32. The van der Waals surface area contributed by atoms with Gasteiger partial charge in [0.25, 0.3) is 6.43 Å². The minimum atomic E-state index is -4.11. The van der Waals surface area contributed by atoms with E-state index in [-0.39, 0.29) is 10.1 Å². The molecule has 0 atom stereocenters. The van der Waals surface area contributed by atoms with Crippen LogP contribution in [0.4, 0.5) is 8.78 Å². The number of halogens is 3. The van der Waals surface area contributed by atoms with Crippen LogP contribution in [0.25, 0.3) is 0 Å². The van der Waals surface area contributed by atoms with Crippen molar-refractivity contribution in [3.05, 3.63) is 17.5 Å². The van der Waals surface area contributed by atoms with Crippen LogP contribution in [-0.2, 0) is 14.8 Å². The van der Waals surface area contributed by atoms with Crippen LogP contribution >= 0.6 is 11.6 Å². The summed E-state index contributed by atoms with van der Waals surface area (Å²) in [5, 5.41) is -0.323. The molecule has 0 radical (unpaired) electrons. The molecular weight excluding hydrogens is 316 g/mol. The summed E-state index contributed by atoms with van der Waals surface area (Å²) in [5.41, 5.74) is 0. The second kappa shape index (κ2) is 6.38. The molecule has 5 nitrogen and oxygen atoms in total. The summed E-state index contributed by atoms with van der Waals surface area (Å²) in [7, 11) is -4.11. The van der Waals surface area contributed by atoms with Crippen molar-refractivity contribution in [1.82, 2.24) is 4.31 Å². The van der Waals surface area contributed by atoms with E-state index in [0.29, 0.717) is 26.1 Å². The van der Waals surface area contributed by atoms with Gasteiger partial charge < -0.3 is 9.15 Å². The van der Waals surface area contributed by atoms with Crippen LogP contribution in [0.5, 0.6) is 0 Å². The summed E-state index contributed by atoms with van der Waals surface area (Å²) in [6, 6.07) is 0.642. The van der Waals surface area contributed by atoms with Crippen LogP contribution < -0.4 is 0 Å². The van der Waals surface area contributed by atoms with E-state index in [1.807, 2.05) is 0 Å². The molecule has 0 aliphatic carbocycles.